The highest BCUT2D eigenvalue weighted by atomic mass is 79.9. The number of nitrogens with two attached hydrogens (primary N) is 1. The van der Waals surface area contributed by atoms with Crippen LogP contribution in [0.4, 0.5) is 5.69 Å². The quantitative estimate of drug-likeness (QED) is 0.768. The Hall–Kier alpha value is -1.23. The van der Waals surface area contributed by atoms with Crippen molar-refractivity contribution in [2.45, 2.75) is 6.42 Å². The zero-order valence-corrected chi connectivity index (χ0v) is 14.1. The average Bonchev–Trinajstić information content (AvgIpc) is 2.40. The molecule has 1 amide bonds. The summed E-state index contributed by atoms with van der Waals surface area (Å²) in [6.45, 7) is 0.479. The van der Waals surface area contributed by atoms with Gasteiger partial charge in [-0.2, -0.15) is 0 Å². The number of carbonyl (C=O) groups is 1. The lowest BCUT2D eigenvalue weighted by molar-refractivity contribution is 0.0954. The number of carbonyl (C=O) groups excluding carboxylic acids is 1. The lowest BCUT2D eigenvalue weighted by Crippen LogP contribution is -2.25. The number of anilines is 1. The minimum Gasteiger partial charge on any atom is -0.399 e. The van der Waals surface area contributed by atoms with E-state index in [0.29, 0.717) is 34.3 Å². The van der Waals surface area contributed by atoms with E-state index in [0.717, 1.165) is 10.0 Å². The van der Waals surface area contributed by atoms with Crippen LogP contribution in [-0.4, -0.2) is 12.5 Å². The largest absolute Gasteiger partial charge is 0.399 e. The fourth-order valence-electron chi connectivity index (χ4n) is 1.88. The number of rotatable bonds is 4. The standard InChI is InChI=1S/C15H13BrCl2N2O/c16-11-5-10(6-13(19)7-11)15(21)20-4-3-9-1-2-12(17)8-14(9)18/h1-2,5-8H,3-4,19H2,(H,20,21). The molecule has 0 fully saturated rings. The number of benzene rings is 2. The van der Waals surface area contributed by atoms with Crippen molar-refractivity contribution in [2.24, 2.45) is 0 Å². The summed E-state index contributed by atoms with van der Waals surface area (Å²) < 4.78 is 0.772. The molecule has 2 aromatic carbocycles. The van der Waals surface area contributed by atoms with Crippen molar-refractivity contribution in [2.75, 3.05) is 12.3 Å². The smallest absolute Gasteiger partial charge is 0.251 e. The molecule has 0 spiro atoms. The van der Waals surface area contributed by atoms with E-state index in [1.165, 1.54) is 0 Å². The topological polar surface area (TPSA) is 55.1 Å². The first-order chi connectivity index (χ1) is 9.95. The van der Waals surface area contributed by atoms with Crippen LogP contribution in [0, 0.1) is 0 Å². The zero-order valence-electron chi connectivity index (χ0n) is 11.0. The van der Waals surface area contributed by atoms with E-state index < -0.39 is 0 Å². The monoisotopic (exact) mass is 386 g/mol. The van der Waals surface area contributed by atoms with Crippen LogP contribution in [0.15, 0.2) is 40.9 Å². The first-order valence-corrected chi connectivity index (χ1v) is 7.79. The van der Waals surface area contributed by atoms with E-state index in [1.807, 2.05) is 6.07 Å². The molecule has 0 bridgehead atoms. The molecular weight excluding hydrogens is 375 g/mol. The minimum absolute atomic E-state index is 0.173. The Bertz CT molecular complexity index is 656. The van der Waals surface area contributed by atoms with Gasteiger partial charge in [0.2, 0.25) is 0 Å². The molecule has 0 aliphatic rings. The Morgan fingerprint density at radius 3 is 2.62 bits per heavy atom. The summed E-state index contributed by atoms with van der Waals surface area (Å²) >= 11 is 15.2. The summed E-state index contributed by atoms with van der Waals surface area (Å²) in [7, 11) is 0. The summed E-state index contributed by atoms with van der Waals surface area (Å²) in [5.41, 5.74) is 7.71. The predicted molar refractivity (Wildman–Crippen MR) is 91.1 cm³/mol. The van der Waals surface area contributed by atoms with Crippen LogP contribution in [-0.2, 0) is 6.42 Å². The number of amides is 1. The highest BCUT2D eigenvalue weighted by molar-refractivity contribution is 9.10. The molecule has 3 nitrogen and oxygen atoms in total. The normalized spacial score (nSPS) is 10.4. The highest BCUT2D eigenvalue weighted by Gasteiger charge is 2.08. The zero-order chi connectivity index (χ0) is 15.4. The van der Waals surface area contributed by atoms with Crippen LogP contribution < -0.4 is 11.1 Å². The Morgan fingerprint density at radius 1 is 1.19 bits per heavy atom. The molecule has 0 aliphatic heterocycles. The fraction of sp³-hybridized carbons (Fsp3) is 0.133. The van der Waals surface area contributed by atoms with E-state index >= 15 is 0 Å². The van der Waals surface area contributed by atoms with Gasteiger partial charge in [0.15, 0.2) is 0 Å². The average molecular weight is 388 g/mol. The highest BCUT2D eigenvalue weighted by Crippen LogP contribution is 2.21. The van der Waals surface area contributed by atoms with Gasteiger partial charge in [-0.25, -0.2) is 0 Å². The van der Waals surface area contributed by atoms with Crippen LogP contribution in [0.2, 0.25) is 10.0 Å². The predicted octanol–water partition coefficient (Wildman–Crippen LogP) is 4.31. The second-order valence-corrected chi connectivity index (χ2v) is 6.27. The lowest BCUT2D eigenvalue weighted by atomic mass is 10.1. The third kappa shape index (κ3) is 4.63. The maximum atomic E-state index is 12.0. The van der Waals surface area contributed by atoms with E-state index in [1.54, 1.807) is 30.3 Å². The van der Waals surface area contributed by atoms with Gasteiger partial charge in [0.25, 0.3) is 5.91 Å². The molecule has 0 unspecified atom stereocenters. The van der Waals surface area contributed by atoms with Gasteiger partial charge in [-0.15, -0.1) is 0 Å². The summed E-state index contributed by atoms with van der Waals surface area (Å²) in [6.07, 6.45) is 0.630. The maximum absolute atomic E-state index is 12.0. The van der Waals surface area contributed by atoms with Crippen molar-refractivity contribution >= 4 is 50.7 Å². The van der Waals surface area contributed by atoms with Crippen molar-refractivity contribution in [3.05, 3.63) is 62.0 Å². The molecule has 0 aromatic heterocycles. The van der Waals surface area contributed by atoms with Gasteiger partial charge >= 0.3 is 0 Å². The molecule has 21 heavy (non-hydrogen) atoms. The lowest BCUT2D eigenvalue weighted by Gasteiger charge is -2.08. The number of nitrogens with one attached hydrogen (secondary N) is 1. The number of hydrogen-bond donors (Lipinski definition) is 2. The van der Waals surface area contributed by atoms with Gasteiger partial charge in [-0.3, -0.25) is 4.79 Å². The maximum Gasteiger partial charge on any atom is 0.251 e. The molecule has 2 aromatic rings. The van der Waals surface area contributed by atoms with Gasteiger partial charge < -0.3 is 11.1 Å². The van der Waals surface area contributed by atoms with E-state index in [2.05, 4.69) is 21.2 Å². The van der Waals surface area contributed by atoms with Crippen molar-refractivity contribution in [3.63, 3.8) is 0 Å². The first-order valence-electron chi connectivity index (χ1n) is 6.24. The minimum atomic E-state index is -0.173. The van der Waals surface area contributed by atoms with Crippen LogP contribution in [0.3, 0.4) is 0 Å². The Kier molecular flexibility index (Phi) is 5.51. The molecule has 0 atom stereocenters. The second-order valence-electron chi connectivity index (χ2n) is 4.51. The number of halogens is 3. The van der Waals surface area contributed by atoms with Gasteiger partial charge in [-0.05, 0) is 42.3 Å². The van der Waals surface area contributed by atoms with Gasteiger partial charge in [0, 0.05) is 32.3 Å². The fourth-order valence-corrected chi connectivity index (χ4v) is 2.89. The SMILES string of the molecule is Nc1cc(Br)cc(C(=O)NCCc2ccc(Cl)cc2Cl)c1. The van der Waals surface area contributed by atoms with Crippen LogP contribution in [0.25, 0.3) is 0 Å². The Labute approximate surface area is 141 Å². The molecule has 0 aliphatic carbocycles. The molecule has 3 N–H and O–H groups in total. The summed E-state index contributed by atoms with van der Waals surface area (Å²) in [5, 5.41) is 4.03. The van der Waals surface area contributed by atoms with Crippen LogP contribution in [0.5, 0.6) is 0 Å². The molecular formula is C15H13BrCl2N2O. The third-order valence-electron chi connectivity index (χ3n) is 2.88. The third-order valence-corrected chi connectivity index (χ3v) is 3.92. The summed E-state index contributed by atoms with van der Waals surface area (Å²) in [6, 6.07) is 10.4. The molecule has 0 heterocycles. The second kappa shape index (κ2) is 7.16. The number of nitrogen functional groups attached to an aromatic ring is 1. The molecule has 0 saturated carbocycles. The molecule has 0 radical (unpaired) electrons. The van der Waals surface area contributed by atoms with Gasteiger partial charge in [-0.1, -0.05) is 45.2 Å². The van der Waals surface area contributed by atoms with Crippen molar-refractivity contribution in [1.82, 2.24) is 5.32 Å². The van der Waals surface area contributed by atoms with E-state index in [9.17, 15) is 4.79 Å². The van der Waals surface area contributed by atoms with E-state index in [-0.39, 0.29) is 5.91 Å². The van der Waals surface area contributed by atoms with Crippen molar-refractivity contribution in [1.29, 1.82) is 0 Å². The number of hydrogen-bond acceptors (Lipinski definition) is 2. The summed E-state index contributed by atoms with van der Waals surface area (Å²) in [4.78, 5) is 12.0. The molecule has 0 saturated heterocycles. The summed E-state index contributed by atoms with van der Waals surface area (Å²) in [5.74, 6) is -0.173. The van der Waals surface area contributed by atoms with Gasteiger partial charge in [0.1, 0.15) is 0 Å². The van der Waals surface area contributed by atoms with Crippen molar-refractivity contribution < 1.29 is 4.79 Å². The van der Waals surface area contributed by atoms with Crippen LogP contribution >= 0.6 is 39.1 Å². The molecule has 2 rings (SSSR count). The Morgan fingerprint density at radius 2 is 1.95 bits per heavy atom. The van der Waals surface area contributed by atoms with E-state index in [4.69, 9.17) is 28.9 Å². The molecule has 110 valence electrons. The van der Waals surface area contributed by atoms with Gasteiger partial charge in [0.05, 0.1) is 0 Å². The van der Waals surface area contributed by atoms with Crippen molar-refractivity contribution in [3.8, 4) is 0 Å². The molecule has 6 heteroatoms. The first kappa shape index (κ1) is 16.1. The Balaban J connectivity index is 1.95. The van der Waals surface area contributed by atoms with Crippen LogP contribution in [0.1, 0.15) is 15.9 Å².